The summed E-state index contributed by atoms with van der Waals surface area (Å²) in [5.41, 5.74) is 1.84. The lowest BCUT2D eigenvalue weighted by Gasteiger charge is -2.20. The summed E-state index contributed by atoms with van der Waals surface area (Å²) >= 11 is 1.46. The molecule has 1 N–H and O–H groups in total. The molecule has 154 valence electrons. The van der Waals surface area contributed by atoms with E-state index in [1.807, 2.05) is 18.2 Å². The minimum Gasteiger partial charge on any atom is -0.508 e. The average molecular weight is 423 g/mol. The van der Waals surface area contributed by atoms with Crippen molar-refractivity contribution in [3.05, 3.63) is 59.9 Å². The van der Waals surface area contributed by atoms with Crippen LogP contribution in [-0.4, -0.2) is 17.4 Å². The number of fused-ring (bicyclic) bond motifs is 1. The first kappa shape index (κ1) is 20.2. The molecule has 0 aliphatic heterocycles. The zero-order chi connectivity index (χ0) is 20.9. The second-order valence-corrected chi connectivity index (χ2v) is 8.38. The molecule has 6 heteroatoms. The molecule has 1 fully saturated rings. The molecule has 4 rings (SSSR count). The fourth-order valence-electron chi connectivity index (χ4n) is 3.97. The van der Waals surface area contributed by atoms with Crippen LogP contribution in [-0.2, 0) is 9.53 Å². The molecule has 1 aromatic heterocycles. The van der Waals surface area contributed by atoms with Crippen molar-refractivity contribution in [3.8, 4) is 22.6 Å². The van der Waals surface area contributed by atoms with Crippen molar-refractivity contribution in [1.82, 2.24) is 0 Å². The number of benzene rings is 2. The van der Waals surface area contributed by atoms with E-state index in [1.165, 1.54) is 24.0 Å². The van der Waals surface area contributed by atoms with Crippen molar-refractivity contribution in [2.75, 3.05) is 0 Å². The monoisotopic (exact) mass is 422 g/mol. The number of Topliss-reactive ketones (excluding diaryl/α,β-unsaturated/α-hetero) is 1. The number of hydrogen-bond donors (Lipinski definition) is 1. The first-order chi connectivity index (χ1) is 14.7. The molecule has 1 saturated carbocycles. The summed E-state index contributed by atoms with van der Waals surface area (Å²) < 4.78 is 10.7. The van der Waals surface area contributed by atoms with Crippen molar-refractivity contribution < 1.29 is 24.2 Å². The van der Waals surface area contributed by atoms with E-state index in [9.17, 15) is 14.7 Å². The van der Waals surface area contributed by atoms with Crippen LogP contribution in [0.5, 0.6) is 11.5 Å². The van der Waals surface area contributed by atoms with Crippen molar-refractivity contribution >= 4 is 33.7 Å². The number of carbonyl (C=O) groups excluding carboxylic acids is 2. The Labute approximate surface area is 178 Å². The number of aromatic hydroxyl groups is 1. The Kier molecular flexibility index (Phi) is 6.14. The van der Waals surface area contributed by atoms with Crippen LogP contribution in [0.25, 0.3) is 21.2 Å². The van der Waals surface area contributed by atoms with E-state index in [0.717, 1.165) is 58.0 Å². The smallest absolute Gasteiger partial charge is 0.298 e. The number of rotatable bonds is 7. The number of ketones is 1. The van der Waals surface area contributed by atoms with Gasteiger partial charge in [0.1, 0.15) is 24.0 Å². The molecule has 3 aromatic rings. The van der Waals surface area contributed by atoms with E-state index in [4.69, 9.17) is 4.74 Å². The van der Waals surface area contributed by atoms with Crippen molar-refractivity contribution in [2.24, 2.45) is 5.92 Å². The summed E-state index contributed by atoms with van der Waals surface area (Å²) in [6.45, 7) is 0.313. The fourth-order valence-corrected chi connectivity index (χ4v) is 5.24. The molecule has 2 aromatic carbocycles. The van der Waals surface area contributed by atoms with E-state index >= 15 is 0 Å². The van der Waals surface area contributed by atoms with Gasteiger partial charge in [0.05, 0.1) is 4.88 Å². The van der Waals surface area contributed by atoms with Crippen LogP contribution in [0.2, 0.25) is 0 Å². The van der Waals surface area contributed by atoms with Gasteiger partial charge in [-0.25, -0.2) is 0 Å². The quantitative estimate of drug-likeness (QED) is 0.285. The molecular formula is C24H22O5S. The third-order valence-corrected chi connectivity index (χ3v) is 6.58. The molecule has 0 bridgehead atoms. The highest BCUT2D eigenvalue weighted by Gasteiger charge is 2.27. The minimum atomic E-state index is 0.0738. The predicted octanol–water partition coefficient (Wildman–Crippen LogP) is 6.06. The van der Waals surface area contributed by atoms with E-state index < -0.39 is 0 Å². The molecular weight excluding hydrogens is 400 g/mol. The SMILES string of the molecule is O=CO/C=C/Oc1ccc(-c2c(C(=O)C3CCCCC3)sc3cc(O)ccc23)cc1. The van der Waals surface area contributed by atoms with Gasteiger partial charge >= 0.3 is 0 Å². The highest BCUT2D eigenvalue weighted by atomic mass is 32.1. The number of ether oxygens (including phenoxy) is 2. The summed E-state index contributed by atoms with van der Waals surface area (Å²) in [7, 11) is 0. The maximum absolute atomic E-state index is 13.4. The van der Waals surface area contributed by atoms with Gasteiger partial charge < -0.3 is 14.6 Å². The van der Waals surface area contributed by atoms with Gasteiger partial charge in [0, 0.05) is 21.6 Å². The molecule has 0 unspecified atom stereocenters. The third kappa shape index (κ3) is 4.24. The Morgan fingerprint density at radius 3 is 2.53 bits per heavy atom. The Morgan fingerprint density at radius 2 is 1.80 bits per heavy atom. The van der Waals surface area contributed by atoms with Gasteiger partial charge in [-0.3, -0.25) is 9.59 Å². The number of hydrogen-bond acceptors (Lipinski definition) is 6. The number of carbonyl (C=O) groups is 2. The van der Waals surface area contributed by atoms with Crippen LogP contribution >= 0.6 is 11.3 Å². The van der Waals surface area contributed by atoms with Crippen molar-refractivity contribution in [1.29, 1.82) is 0 Å². The van der Waals surface area contributed by atoms with E-state index in [-0.39, 0.29) is 17.5 Å². The Bertz CT molecular complexity index is 1070. The van der Waals surface area contributed by atoms with Crippen LogP contribution in [0.4, 0.5) is 0 Å². The van der Waals surface area contributed by atoms with Crippen molar-refractivity contribution in [2.45, 2.75) is 32.1 Å². The highest BCUT2D eigenvalue weighted by molar-refractivity contribution is 7.21. The molecule has 0 radical (unpaired) electrons. The molecule has 1 heterocycles. The third-order valence-electron chi connectivity index (χ3n) is 5.41. The maximum Gasteiger partial charge on any atom is 0.298 e. The van der Waals surface area contributed by atoms with Gasteiger partial charge in [0.15, 0.2) is 5.78 Å². The topological polar surface area (TPSA) is 72.8 Å². The molecule has 1 aliphatic carbocycles. The van der Waals surface area contributed by atoms with Gasteiger partial charge in [-0.15, -0.1) is 11.3 Å². The highest BCUT2D eigenvalue weighted by Crippen LogP contribution is 2.43. The molecule has 1 aliphatic rings. The van der Waals surface area contributed by atoms with Crippen LogP contribution in [0.15, 0.2) is 55.0 Å². The standard InChI is InChI=1S/C24H22O5S/c25-15-28-12-13-29-19-9-6-16(7-10-19)22-20-11-8-18(26)14-21(20)30-24(22)23(27)17-4-2-1-3-5-17/h6-15,17,26H,1-5H2/b13-12+. The number of thiophene rings is 1. The van der Waals surface area contributed by atoms with Gasteiger partial charge in [-0.1, -0.05) is 31.4 Å². The van der Waals surface area contributed by atoms with Gasteiger partial charge in [-0.05, 0) is 48.7 Å². The first-order valence-corrected chi connectivity index (χ1v) is 10.8. The second-order valence-electron chi connectivity index (χ2n) is 7.33. The molecule has 5 nitrogen and oxygen atoms in total. The summed E-state index contributed by atoms with van der Waals surface area (Å²) in [5.74, 6) is 1.06. The predicted molar refractivity (Wildman–Crippen MR) is 117 cm³/mol. The number of phenols is 1. The molecule has 30 heavy (non-hydrogen) atoms. The lowest BCUT2D eigenvalue weighted by atomic mass is 9.84. The van der Waals surface area contributed by atoms with Crippen molar-refractivity contribution in [3.63, 3.8) is 0 Å². The van der Waals surface area contributed by atoms with Crippen LogP contribution in [0, 0.1) is 5.92 Å². The van der Waals surface area contributed by atoms with Crippen LogP contribution < -0.4 is 4.74 Å². The van der Waals surface area contributed by atoms with Crippen LogP contribution in [0.1, 0.15) is 41.8 Å². The molecule has 0 amide bonds. The zero-order valence-corrected chi connectivity index (χ0v) is 17.2. The molecule has 0 atom stereocenters. The van der Waals surface area contributed by atoms with Gasteiger partial charge in [0.25, 0.3) is 6.47 Å². The van der Waals surface area contributed by atoms with E-state index in [0.29, 0.717) is 12.2 Å². The normalized spacial score (nSPS) is 14.8. The molecule has 0 spiro atoms. The fraction of sp³-hybridized carbons (Fsp3) is 0.250. The summed E-state index contributed by atoms with van der Waals surface area (Å²) in [5, 5.41) is 10.9. The average Bonchev–Trinajstić information content (AvgIpc) is 3.15. The van der Waals surface area contributed by atoms with E-state index in [2.05, 4.69) is 4.74 Å². The Balaban J connectivity index is 1.71. The maximum atomic E-state index is 13.4. The summed E-state index contributed by atoms with van der Waals surface area (Å²) in [6.07, 6.45) is 7.73. The lowest BCUT2D eigenvalue weighted by Crippen LogP contribution is -2.17. The van der Waals surface area contributed by atoms with Gasteiger partial charge in [-0.2, -0.15) is 0 Å². The first-order valence-electron chi connectivity index (χ1n) is 9.98. The Hall–Kier alpha value is -3.12. The minimum absolute atomic E-state index is 0.0738. The summed E-state index contributed by atoms with van der Waals surface area (Å²) in [6, 6.07) is 12.7. The second kappa shape index (κ2) is 9.13. The largest absolute Gasteiger partial charge is 0.508 e. The zero-order valence-electron chi connectivity index (χ0n) is 16.4. The Morgan fingerprint density at radius 1 is 1.03 bits per heavy atom. The summed E-state index contributed by atoms with van der Waals surface area (Å²) in [4.78, 5) is 24.3. The van der Waals surface area contributed by atoms with Crippen LogP contribution in [0.3, 0.4) is 0 Å². The number of phenolic OH excluding ortho intramolecular Hbond substituents is 1. The lowest BCUT2D eigenvalue weighted by molar-refractivity contribution is -0.123. The molecule has 0 saturated heterocycles. The van der Waals surface area contributed by atoms with Gasteiger partial charge in [0.2, 0.25) is 0 Å². The van der Waals surface area contributed by atoms with E-state index in [1.54, 1.807) is 24.3 Å².